The summed E-state index contributed by atoms with van der Waals surface area (Å²) in [6, 6.07) is 2.99. The lowest BCUT2D eigenvalue weighted by Crippen LogP contribution is -2.08. The van der Waals surface area contributed by atoms with Gasteiger partial charge in [-0.2, -0.15) is 0 Å². The third-order valence-electron chi connectivity index (χ3n) is 2.28. The van der Waals surface area contributed by atoms with Crippen molar-refractivity contribution in [2.24, 2.45) is 5.73 Å². The molecule has 2 aromatic rings. The maximum Gasteiger partial charge on any atom is 0.363 e. The van der Waals surface area contributed by atoms with Gasteiger partial charge < -0.3 is 20.4 Å². The minimum absolute atomic E-state index is 0.172. The Bertz CT molecular complexity index is 520. The van der Waals surface area contributed by atoms with Gasteiger partial charge in [0.25, 0.3) is 0 Å². The summed E-state index contributed by atoms with van der Waals surface area (Å²) in [5.74, 6) is 0.636. The van der Waals surface area contributed by atoms with Crippen molar-refractivity contribution in [3.63, 3.8) is 0 Å². The van der Waals surface area contributed by atoms with E-state index in [-0.39, 0.29) is 5.82 Å². The van der Waals surface area contributed by atoms with Crippen molar-refractivity contribution in [1.82, 2.24) is 14.5 Å². The van der Waals surface area contributed by atoms with E-state index in [1.807, 2.05) is 4.57 Å². The number of hydrogen-bond donors (Lipinski definition) is 1. The molecule has 2 rings (SSSR count). The van der Waals surface area contributed by atoms with Gasteiger partial charge >= 0.3 is 5.82 Å². The minimum Gasteiger partial charge on any atom is -0.358 e. The molecular formula is C10H11N5O2. The molecule has 0 saturated heterocycles. The Morgan fingerprint density at radius 3 is 2.82 bits per heavy atom. The average molecular weight is 233 g/mol. The highest BCUT2D eigenvalue weighted by atomic mass is 16.6. The molecule has 0 spiro atoms. The van der Waals surface area contributed by atoms with Gasteiger partial charge in [0.15, 0.2) is 6.20 Å². The highest BCUT2D eigenvalue weighted by Gasteiger charge is 2.09. The lowest BCUT2D eigenvalue weighted by atomic mass is 10.3. The molecule has 0 radical (unpaired) electrons. The highest BCUT2D eigenvalue weighted by Crippen LogP contribution is 2.13. The first-order chi connectivity index (χ1) is 8.22. The molecule has 0 amide bonds. The van der Waals surface area contributed by atoms with Crippen LogP contribution >= 0.6 is 0 Å². The molecule has 17 heavy (non-hydrogen) atoms. The predicted octanol–water partition coefficient (Wildman–Crippen LogP) is 0.677. The number of pyridine rings is 1. The van der Waals surface area contributed by atoms with E-state index in [4.69, 9.17) is 5.73 Å². The van der Waals surface area contributed by atoms with E-state index < -0.39 is 4.92 Å². The van der Waals surface area contributed by atoms with Gasteiger partial charge in [0.05, 0.1) is 5.69 Å². The van der Waals surface area contributed by atoms with Crippen molar-refractivity contribution in [3.05, 3.63) is 46.7 Å². The van der Waals surface area contributed by atoms with E-state index >= 15 is 0 Å². The first-order valence-electron chi connectivity index (χ1n) is 5.05. The first-order valence-corrected chi connectivity index (χ1v) is 5.05. The fraction of sp³-hybridized carbons (Fsp3) is 0.200. The Balaban J connectivity index is 2.33. The van der Waals surface area contributed by atoms with Gasteiger partial charge in [0, 0.05) is 24.9 Å². The summed E-state index contributed by atoms with van der Waals surface area (Å²) < 4.78 is 1.81. The van der Waals surface area contributed by atoms with Gasteiger partial charge in [0.1, 0.15) is 5.82 Å². The zero-order valence-electron chi connectivity index (χ0n) is 8.98. The summed E-state index contributed by atoms with van der Waals surface area (Å²) in [6.45, 7) is 0.497. The second kappa shape index (κ2) is 4.71. The summed E-state index contributed by atoms with van der Waals surface area (Å²) in [5, 5.41) is 10.5. The molecule has 2 N–H and O–H groups in total. The molecule has 2 aromatic heterocycles. The van der Waals surface area contributed by atoms with Crippen LogP contribution in [0.4, 0.5) is 5.82 Å². The zero-order chi connectivity index (χ0) is 12.3. The number of nitrogens with two attached hydrogens (primary N) is 1. The molecule has 7 heteroatoms. The monoisotopic (exact) mass is 233 g/mol. The van der Waals surface area contributed by atoms with Gasteiger partial charge in [-0.1, -0.05) is 0 Å². The molecular weight excluding hydrogens is 222 g/mol. The SMILES string of the molecule is NCCc1nccn1-c1ccc([N+](=O)[O-])nc1. The Morgan fingerprint density at radius 1 is 1.41 bits per heavy atom. The first kappa shape index (κ1) is 11.2. The average Bonchev–Trinajstić information content (AvgIpc) is 2.78. The fourth-order valence-electron chi connectivity index (χ4n) is 1.51. The van der Waals surface area contributed by atoms with E-state index in [0.717, 1.165) is 11.5 Å². The molecule has 0 saturated carbocycles. The molecule has 0 aliphatic heterocycles. The van der Waals surface area contributed by atoms with Crippen LogP contribution in [0, 0.1) is 10.1 Å². The fourth-order valence-corrected chi connectivity index (χ4v) is 1.51. The second-order valence-electron chi connectivity index (χ2n) is 3.38. The summed E-state index contributed by atoms with van der Waals surface area (Å²) in [4.78, 5) is 17.9. The van der Waals surface area contributed by atoms with Crippen LogP contribution in [0.15, 0.2) is 30.7 Å². The van der Waals surface area contributed by atoms with Crippen LogP contribution in [0.25, 0.3) is 5.69 Å². The van der Waals surface area contributed by atoms with E-state index in [0.29, 0.717) is 13.0 Å². The molecule has 0 aromatic carbocycles. The molecule has 0 fully saturated rings. The topological polar surface area (TPSA) is 99.9 Å². The van der Waals surface area contributed by atoms with Gasteiger partial charge in [-0.15, -0.1) is 0 Å². The number of imidazole rings is 1. The summed E-state index contributed by atoms with van der Waals surface area (Å²) in [6.07, 6.45) is 5.52. The maximum absolute atomic E-state index is 10.5. The molecule has 7 nitrogen and oxygen atoms in total. The Morgan fingerprint density at radius 2 is 2.24 bits per heavy atom. The second-order valence-corrected chi connectivity index (χ2v) is 3.38. The molecule has 0 unspecified atom stereocenters. The summed E-state index contributed by atoms with van der Waals surface area (Å²) in [5.41, 5.74) is 6.21. The third kappa shape index (κ3) is 2.28. The van der Waals surface area contributed by atoms with Crippen molar-refractivity contribution in [2.75, 3.05) is 6.54 Å². The van der Waals surface area contributed by atoms with Crippen molar-refractivity contribution in [2.45, 2.75) is 6.42 Å². The van der Waals surface area contributed by atoms with Crippen molar-refractivity contribution in [1.29, 1.82) is 0 Å². The molecule has 0 aliphatic carbocycles. The number of hydrogen-bond acceptors (Lipinski definition) is 5. The number of nitrogens with zero attached hydrogens (tertiary/aromatic N) is 4. The van der Waals surface area contributed by atoms with Gasteiger partial charge in [0.2, 0.25) is 0 Å². The minimum atomic E-state index is -0.529. The van der Waals surface area contributed by atoms with Crippen molar-refractivity contribution < 1.29 is 4.92 Å². The van der Waals surface area contributed by atoms with Crippen LogP contribution in [0.1, 0.15) is 5.82 Å². The molecule has 0 atom stereocenters. The van der Waals surface area contributed by atoms with E-state index in [1.165, 1.54) is 12.3 Å². The number of nitro groups is 1. The Kier molecular flexibility index (Phi) is 3.10. The third-order valence-corrected chi connectivity index (χ3v) is 2.28. The highest BCUT2D eigenvalue weighted by molar-refractivity contribution is 5.35. The standard InChI is InChI=1S/C10H11N5O2/c11-4-3-9-12-5-6-14(9)8-1-2-10(13-7-8)15(16)17/h1-2,5-7H,3-4,11H2. The van der Waals surface area contributed by atoms with Crippen LogP contribution in [-0.2, 0) is 6.42 Å². The van der Waals surface area contributed by atoms with Crippen LogP contribution in [0.3, 0.4) is 0 Å². The van der Waals surface area contributed by atoms with Gasteiger partial charge in [-0.05, 0) is 22.5 Å². The van der Waals surface area contributed by atoms with Crippen molar-refractivity contribution >= 4 is 5.82 Å². The van der Waals surface area contributed by atoms with Crippen molar-refractivity contribution in [3.8, 4) is 5.69 Å². The maximum atomic E-state index is 10.5. The summed E-state index contributed by atoms with van der Waals surface area (Å²) >= 11 is 0. The number of aromatic nitrogens is 3. The Hall–Kier alpha value is -2.28. The molecule has 0 bridgehead atoms. The predicted molar refractivity (Wildman–Crippen MR) is 60.8 cm³/mol. The van der Waals surface area contributed by atoms with Crippen LogP contribution in [0.5, 0.6) is 0 Å². The van der Waals surface area contributed by atoms with E-state index in [2.05, 4.69) is 9.97 Å². The Labute approximate surface area is 97.1 Å². The largest absolute Gasteiger partial charge is 0.363 e. The van der Waals surface area contributed by atoms with Crippen LogP contribution in [0.2, 0.25) is 0 Å². The van der Waals surface area contributed by atoms with Gasteiger partial charge in [-0.3, -0.25) is 0 Å². The van der Waals surface area contributed by atoms with E-state index in [9.17, 15) is 10.1 Å². The summed E-state index contributed by atoms with van der Waals surface area (Å²) in [7, 11) is 0. The van der Waals surface area contributed by atoms with E-state index in [1.54, 1.807) is 18.5 Å². The lowest BCUT2D eigenvalue weighted by Gasteiger charge is -2.04. The zero-order valence-corrected chi connectivity index (χ0v) is 8.98. The smallest absolute Gasteiger partial charge is 0.358 e. The normalized spacial score (nSPS) is 10.4. The molecule has 88 valence electrons. The number of rotatable bonds is 4. The lowest BCUT2D eigenvalue weighted by molar-refractivity contribution is -0.389. The van der Waals surface area contributed by atoms with Gasteiger partial charge in [-0.25, -0.2) is 4.98 Å². The molecule has 2 heterocycles. The molecule has 0 aliphatic rings. The van der Waals surface area contributed by atoms with Crippen LogP contribution < -0.4 is 5.73 Å². The quantitative estimate of drug-likeness (QED) is 0.618. The van der Waals surface area contributed by atoms with Crippen LogP contribution in [-0.4, -0.2) is 26.0 Å².